The second-order valence-electron chi connectivity index (χ2n) is 8.77. The maximum atomic E-state index is 12.4. The summed E-state index contributed by atoms with van der Waals surface area (Å²) < 4.78 is 5.70. The summed E-state index contributed by atoms with van der Waals surface area (Å²) in [6.45, 7) is 2.00. The molecule has 1 amide bonds. The number of anilines is 1. The van der Waals surface area contributed by atoms with E-state index in [1.54, 1.807) is 4.80 Å². The van der Waals surface area contributed by atoms with Crippen LogP contribution >= 0.6 is 0 Å². The molecule has 1 N–H and O–H groups in total. The highest BCUT2D eigenvalue weighted by Gasteiger charge is 2.15. The Balaban J connectivity index is 1.19. The first-order valence-corrected chi connectivity index (χ1v) is 11.6. The summed E-state index contributed by atoms with van der Waals surface area (Å²) in [7, 11) is 0. The number of nitrogens with zero attached hydrogens (tertiary/aromatic N) is 3. The van der Waals surface area contributed by atoms with Gasteiger partial charge < -0.3 is 10.1 Å². The van der Waals surface area contributed by atoms with Gasteiger partial charge in [-0.3, -0.25) is 4.79 Å². The molecule has 1 fully saturated rings. The molecule has 1 saturated carbocycles. The standard InChI is InChI=1S/C27H28N4O2/c1-19-7-12-23(13-8-19)31-29-25-16-11-22(17-26(25)30-31)28-27(32)18-33-24-14-9-21(10-15-24)20-5-3-2-4-6-20/h7-17,20H,2-6,18H2,1H3,(H,28,32). The largest absolute Gasteiger partial charge is 0.484 e. The zero-order valence-corrected chi connectivity index (χ0v) is 18.8. The molecule has 33 heavy (non-hydrogen) atoms. The number of aromatic nitrogens is 3. The van der Waals surface area contributed by atoms with E-state index in [9.17, 15) is 4.79 Å². The fourth-order valence-electron chi connectivity index (χ4n) is 4.40. The van der Waals surface area contributed by atoms with E-state index in [0.29, 0.717) is 22.9 Å². The van der Waals surface area contributed by atoms with Crippen LogP contribution in [0.1, 0.15) is 49.1 Å². The number of benzene rings is 3. The van der Waals surface area contributed by atoms with Crippen molar-refractivity contribution in [3.8, 4) is 11.4 Å². The molecule has 6 heteroatoms. The minimum absolute atomic E-state index is 0.0448. The minimum atomic E-state index is -0.211. The molecule has 0 aliphatic heterocycles. The summed E-state index contributed by atoms with van der Waals surface area (Å²) in [5.41, 5.74) is 5.60. The van der Waals surface area contributed by atoms with Crippen molar-refractivity contribution in [3.05, 3.63) is 77.9 Å². The van der Waals surface area contributed by atoms with E-state index in [4.69, 9.17) is 4.74 Å². The summed E-state index contributed by atoms with van der Waals surface area (Å²) >= 11 is 0. The third-order valence-corrected chi connectivity index (χ3v) is 6.26. The van der Waals surface area contributed by atoms with Crippen molar-refractivity contribution in [2.75, 3.05) is 11.9 Å². The Morgan fingerprint density at radius 3 is 2.42 bits per heavy atom. The second kappa shape index (κ2) is 9.45. The Bertz CT molecular complexity index is 1240. The fourth-order valence-corrected chi connectivity index (χ4v) is 4.40. The average Bonchev–Trinajstić information content (AvgIpc) is 3.27. The molecule has 6 nitrogen and oxygen atoms in total. The van der Waals surface area contributed by atoms with Gasteiger partial charge >= 0.3 is 0 Å². The number of ether oxygens (including phenoxy) is 1. The zero-order chi connectivity index (χ0) is 22.6. The van der Waals surface area contributed by atoms with Crippen molar-refractivity contribution < 1.29 is 9.53 Å². The predicted octanol–water partition coefficient (Wildman–Crippen LogP) is 5.79. The first-order chi connectivity index (χ1) is 16.1. The molecule has 168 valence electrons. The van der Waals surface area contributed by atoms with E-state index in [2.05, 4.69) is 27.6 Å². The van der Waals surface area contributed by atoms with Gasteiger partial charge in [0.2, 0.25) is 0 Å². The molecule has 0 atom stereocenters. The van der Waals surface area contributed by atoms with Gasteiger partial charge in [-0.2, -0.15) is 4.80 Å². The lowest BCUT2D eigenvalue weighted by Crippen LogP contribution is -2.20. The molecule has 1 heterocycles. The van der Waals surface area contributed by atoms with Crippen molar-refractivity contribution in [1.29, 1.82) is 0 Å². The van der Waals surface area contributed by atoms with E-state index in [1.165, 1.54) is 43.2 Å². The number of hydrogen-bond acceptors (Lipinski definition) is 4. The van der Waals surface area contributed by atoms with Crippen molar-refractivity contribution in [1.82, 2.24) is 15.0 Å². The first kappa shape index (κ1) is 21.2. The molecule has 1 aliphatic carbocycles. The van der Waals surface area contributed by atoms with Crippen LogP contribution in [0.3, 0.4) is 0 Å². The average molecular weight is 441 g/mol. The molecule has 1 aromatic heterocycles. The van der Waals surface area contributed by atoms with Crippen molar-refractivity contribution in [2.45, 2.75) is 44.9 Å². The highest BCUT2D eigenvalue weighted by molar-refractivity contribution is 5.93. The van der Waals surface area contributed by atoms with E-state index in [-0.39, 0.29) is 12.5 Å². The molecule has 0 spiro atoms. The zero-order valence-electron chi connectivity index (χ0n) is 18.8. The molecule has 0 bridgehead atoms. The number of carbonyl (C=O) groups is 1. The van der Waals surface area contributed by atoms with Gasteiger partial charge in [0.05, 0.1) is 5.69 Å². The van der Waals surface area contributed by atoms with Gasteiger partial charge in [-0.15, -0.1) is 10.2 Å². The second-order valence-corrected chi connectivity index (χ2v) is 8.77. The molecule has 0 unspecified atom stereocenters. The van der Waals surface area contributed by atoms with Crippen LogP contribution in [-0.4, -0.2) is 27.5 Å². The number of rotatable bonds is 6. The monoisotopic (exact) mass is 440 g/mol. The molecule has 4 aromatic rings. The maximum absolute atomic E-state index is 12.4. The molecule has 1 aliphatic rings. The summed E-state index contributed by atoms with van der Waals surface area (Å²) in [5, 5.41) is 11.9. The normalized spacial score (nSPS) is 14.3. The van der Waals surface area contributed by atoms with Crippen LogP contribution in [0.4, 0.5) is 5.69 Å². The maximum Gasteiger partial charge on any atom is 0.262 e. The molecule has 5 rings (SSSR count). The highest BCUT2D eigenvalue weighted by Crippen LogP contribution is 2.33. The van der Waals surface area contributed by atoms with Gasteiger partial charge in [-0.1, -0.05) is 49.1 Å². The lowest BCUT2D eigenvalue weighted by atomic mass is 9.84. The van der Waals surface area contributed by atoms with E-state index < -0.39 is 0 Å². The van der Waals surface area contributed by atoms with E-state index >= 15 is 0 Å². The van der Waals surface area contributed by atoms with Crippen LogP contribution in [0.2, 0.25) is 0 Å². The number of carbonyl (C=O) groups excluding carboxylic acids is 1. The van der Waals surface area contributed by atoms with Crippen LogP contribution in [-0.2, 0) is 4.79 Å². The molecular formula is C27H28N4O2. The van der Waals surface area contributed by atoms with Crippen LogP contribution in [0.5, 0.6) is 5.75 Å². The third kappa shape index (κ3) is 5.06. The number of fused-ring (bicyclic) bond motifs is 1. The van der Waals surface area contributed by atoms with Gasteiger partial charge in [0, 0.05) is 5.69 Å². The van der Waals surface area contributed by atoms with Gasteiger partial charge in [0.1, 0.15) is 16.8 Å². The van der Waals surface area contributed by atoms with Gasteiger partial charge in [0.15, 0.2) is 6.61 Å². The van der Waals surface area contributed by atoms with Crippen molar-refractivity contribution in [2.24, 2.45) is 0 Å². The number of aryl methyl sites for hydroxylation is 1. The number of hydrogen-bond donors (Lipinski definition) is 1. The Morgan fingerprint density at radius 2 is 1.67 bits per heavy atom. The highest BCUT2D eigenvalue weighted by atomic mass is 16.5. The van der Waals surface area contributed by atoms with Gasteiger partial charge in [-0.05, 0) is 73.7 Å². The smallest absolute Gasteiger partial charge is 0.262 e. The topological polar surface area (TPSA) is 69.0 Å². The Kier molecular flexibility index (Phi) is 6.07. The summed E-state index contributed by atoms with van der Waals surface area (Å²) in [6, 6.07) is 21.7. The third-order valence-electron chi connectivity index (χ3n) is 6.26. The Hall–Kier alpha value is -3.67. The van der Waals surface area contributed by atoms with Crippen LogP contribution in [0, 0.1) is 6.92 Å². The van der Waals surface area contributed by atoms with Gasteiger partial charge in [-0.25, -0.2) is 0 Å². The Labute approximate surface area is 193 Å². The predicted molar refractivity (Wildman–Crippen MR) is 130 cm³/mol. The van der Waals surface area contributed by atoms with Crippen LogP contribution in [0.15, 0.2) is 66.7 Å². The SMILES string of the molecule is Cc1ccc(-n2nc3ccc(NC(=O)COc4ccc(C5CCCCC5)cc4)cc3n2)cc1. The number of nitrogens with one attached hydrogen (secondary N) is 1. The van der Waals surface area contributed by atoms with Crippen molar-refractivity contribution >= 4 is 22.6 Å². The number of amides is 1. The van der Waals surface area contributed by atoms with Crippen LogP contribution in [0.25, 0.3) is 16.7 Å². The quantitative estimate of drug-likeness (QED) is 0.412. The minimum Gasteiger partial charge on any atom is -0.484 e. The van der Waals surface area contributed by atoms with Crippen LogP contribution < -0.4 is 10.1 Å². The fraction of sp³-hybridized carbons (Fsp3) is 0.296. The first-order valence-electron chi connectivity index (χ1n) is 11.6. The van der Waals surface area contributed by atoms with E-state index in [0.717, 1.165) is 11.2 Å². The molecule has 3 aromatic carbocycles. The molecule has 0 saturated heterocycles. The van der Waals surface area contributed by atoms with E-state index in [1.807, 2.05) is 61.5 Å². The summed E-state index contributed by atoms with van der Waals surface area (Å²) in [4.78, 5) is 14.0. The summed E-state index contributed by atoms with van der Waals surface area (Å²) in [5.74, 6) is 1.16. The molecule has 0 radical (unpaired) electrons. The van der Waals surface area contributed by atoms with Crippen molar-refractivity contribution in [3.63, 3.8) is 0 Å². The summed E-state index contributed by atoms with van der Waals surface area (Å²) in [6.07, 6.45) is 6.52. The lowest BCUT2D eigenvalue weighted by Gasteiger charge is -2.22. The van der Waals surface area contributed by atoms with Gasteiger partial charge in [0.25, 0.3) is 5.91 Å². The molecular weight excluding hydrogens is 412 g/mol. The Morgan fingerprint density at radius 1 is 0.939 bits per heavy atom. The lowest BCUT2D eigenvalue weighted by molar-refractivity contribution is -0.118.